The first kappa shape index (κ1) is 11.5. The molecule has 80 valence electrons. The van der Waals surface area contributed by atoms with Gasteiger partial charge >= 0.3 is 0 Å². The molecule has 1 N–H and O–H groups in total. The average molecular weight is 218 g/mol. The van der Waals surface area contributed by atoms with Crippen molar-refractivity contribution < 1.29 is 4.74 Å². The maximum atomic E-state index is 5.63. The van der Waals surface area contributed by atoms with Gasteiger partial charge in [-0.05, 0) is 5.41 Å². The number of nitrogens with zero attached hydrogens (tertiary/aromatic N) is 2. The van der Waals surface area contributed by atoms with Crippen LogP contribution in [0.2, 0.25) is 0 Å². The molecule has 1 aromatic rings. The molecule has 0 saturated heterocycles. The van der Waals surface area contributed by atoms with E-state index in [9.17, 15) is 0 Å². The van der Waals surface area contributed by atoms with Crippen molar-refractivity contribution in [3.8, 4) is 0 Å². The van der Waals surface area contributed by atoms with Gasteiger partial charge in [0.05, 0.1) is 5.88 Å². The first-order valence-corrected chi connectivity index (χ1v) is 5.02. The summed E-state index contributed by atoms with van der Waals surface area (Å²) in [6.45, 7) is 6.24. The lowest BCUT2D eigenvalue weighted by Gasteiger charge is -2.26. The average Bonchev–Trinajstić information content (AvgIpc) is 2.51. The Hall–Kier alpha value is -0.610. The summed E-state index contributed by atoms with van der Waals surface area (Å²) < 4.78 is 5.37. The number of nitrogens with one attached hydrogen (secondary N) is 1. The van der Waals surface area contributed by atoms with Gasteiger partial charge in [0.2, 0.25) is 0 Å². The van der Waals surface area contributed by atoms with Gasteiger partial charge in [0.15, 0.2) is 5.82 Å². The van der Waals surface area contributed by atoms with Crippen LogP contribution in [0, 0.1) is 5.41 Å². The summed E-state index contributed by atoms with van der Waals surface area (Å²) >= 11 is 5.63. The van der Waals surface area contributed by atoms with Gasteiger partial charge in [-0.25, -0.2) is 4.98 Å². The number of methoxy groups -OCH3 is 1. The molecule has 1 rings (SSSR count). The number of alkyl halides is 1. The van der Waals surface area contributed by atoms with E-state index in [0.29, 0.717) is 17.5 Å². The monoisotopic (exact) mass is 217 g/mol. The van der Waals surface area contributed by atoms with E-state index >= 15 is 0 Å². The molecule has 1 atom stereocenters. The van der Waals surface area contributed by atoms with Gasteiger partial charge in [-0.2, -0.15) is 5.10 Å². The summed E-state index contributed by atoms with van der Waals surface area (Å²) in [5.41, 5.74) is -0.0273. The van der Waals surface area contributed by atoms with Gasteiger partial charge in [0.25, 0.3) is 0 Å². The highest BCUT2D eigenvalue weighted by molar-refractivity contribution is 6.16. The summed E-state index contributed by atoms with van der Waals surface area (Å²) in [4.78, 5) is 4.24. The fraction of sp³-hybridized carbons (Fsp3) is 0.778. The lowest BCUT2D eigenvalue weighted by atomic mass is 9.88. The smallest absolute Gasteiger partial charge is 0.179 e. The maximum absolute atomic E-state index is 5.63. The number of hydrogen-bond donors (Lipinski definition) is 1. The number of aromatic nitrogens is 3. The Morgan fingerprint density at radius 3 is 2.50 bits per heavy atom. The fourth-order valence-electron chi connectivity index (χ4n) is 1.33. The van der Waals surface area contributed by atoms with Gasteiger partial charge in [-0.15, -0.1) is 11.6 Å². The number of H-pyrrole nitrogens is 1. The minimum Gasteiger partial charge on any atom is -0.373 e. The predicted octanol–water partition coefficient (Wildman–Crippen LogP) is 2.28. The molecule has 14 heavy (non-hydrogen) atoms. The van der Waals surface area contributed by atoms with E-state index in [1.165, 1.54) is 0 Å². The van der Waals surface area contributed by atoms with Crippen molar-refractivity contribution in [1.82, 2.24) is 15.2 Å². The Balaban J connectivity index is 2.90. The van der Waals surface area contributed by atoms with E-state index in [0.717, 1.165) is 0 Å². The van der Waals surface area contributed by atoms with Crippen LogP contribution in [-0.4, -0.2) is 22.3 Å². The van der Waals surface area contributed by atoms with Crippen LogP contribution in [0.15, 0.2) is 0 Å². The Morgan fingerprint density at radius 1 is 1.50 bits per heavy atom. The molecule has 0 saturated carbocycles. The zero-order valence-corrected chi connectivity index (χ0v) is 9.72. The SMILES string of the molecule is COC(c1n[nH]c(CCl)n1)C(C)(C)C. The molecule has 1 heterocycles. The Kier molecular flexibility index (Phi) is 3.50. The molecular formula is C9H16ClN3O. The molecule has 1 aromatic heterocycles. The first-order valence-electron chi connectivity index (χ1n) is 4.49. The zero-order valence-electron chi connectivity index (χ0n) is 8.97. The quantitative estimate of drug-likeness (QED) is 0.791. The van der Waals surface area contributed by atoms with Crippen LogP contribution in [0.1, 0.15) is 38.5 Å². The molecule has 5 heteroatoms. The van der Waals surface area contributed by atoms with Gasteiger partial charge in [-0.1, -0.05) is 20.8 Å². The number of hydrogen-bond acceptors (Lipinski definition) is 3. The highest BCUT2D eigenvalue weighted by Crippen LogP contribution is 2.33. The minimum absolute atomic E-state index is 0.0273. The highest BCUT2D eigenvalue weighted by atomic mass is 35.5. The second-order valence-electron chi connectivity index (χ2n) is 4.26. The van der Waals surface area contributed by atoms with Gasteiger partial charge in [-0.3, -0.25) is 5.10 Å². The van der Waals surface area contributed by atoms with E-state index < -0.39 is 0 Å². The first-order chi connectivity index (χ1) is 6.49. The van der Waals surface area contributed by atoms with Crippen molar-refractivity contribution in [2.75, 3.05) is 7.11 Å². The van der Waals surface area contributed by atoms with Gasteiger partial charge in [0, 0.05) is 7.11 Å². The molecule has 0 aliphatic rings. The normalized spacial score (nSPS) is 14.4. The molecular weight excluding hydrogens is 202 g/mol. The Labute approximate surface area is 89.0 Å². The number of ether oxygens (including phenoxy) is 1. The summed E-state index contributed by atoms with van der Waals surface area (Å²) in [7, 11) is 1.66. The second-order valence-corrected chi connectivity index (χ2v) is 4.52. The zero-order chi connectivity index (χ0) is 10.8. The lowest BCUT2D eigenvalue weighted by Crippen LogP contribution is -2.21. The third-order valence-electron chi connectivity index (χ3n) is 1.93. The predicted molar refractivity (Wildman–Crippen MR) is 55.1 cm³/mol. The Morgan fingerprint density at radius 2 is 2.14 bits per heavy atom. The minimum atomic E-state index is -0.115. The second kappa shape index (κ2) is 4.28. The van der Waals surface area contributed by atoms with Gasteiger partial charge < -0.3 is 4.74 Å². The van der Waals surface area contributed by atoms with E-state index in [4.69, 9.17) is 16.3 Å². The van der Waals surface area contributed by atoms with Crippen LogP contribution < -0.4 is 0 Å². The van der Waals surface area contributed by atoms with Crippen molar-refractivity contribution in [2.45, 2.75) is 32.8 Å². The molecule has 0 amide bonds. The molecule has 0 aliphatic heterocycles. The van der Waals surface area contributed by atoms with E-state index in [1.807, 2.05) is 0 Å². The van der Waals surface area contributed by atoms with Crippen molar-refractivity contribution in [1.29, 1.82) is 0 Å². The third kappa shape index (κ3) is 2.45. The van der Waals surface area contributed by atoms with E-state index in [-0.39, 0.29) is 11.5 Å². The van der Waals surface area contributed by atoms with Crippen molar-refractivity contribution in [2.24, 2.45) is 5.41 Å². The van der Waals surface area contributed by atoms with Crippen LogP contribution in [-0.2, 0) is 10.6 Å². The number of halogens is 1. The molecule has 0 spiro atoms. The molecule has 0 aliphatic carbocycles. The summed E-state index contributed by atoms with van der Waals surface area (Å²) in [5.74, 6) is 1.68. The largest absolute Gasteiger partial charge is 0.373 e. The molecule has 0 bridgehead atoms. The topological polar surface area (TPSA) is 50.8 Å². The fourth-order valence-corrected chi connectivity index (χ4v) is 1.45. The third-order valence-corrected chi connectivity index (χ3v) is 2.19. The summed E-state index contributed by atoms with van der Waals surface area (Å²) in [6, 6.07) is 0. The molecule has 1 unspecified atom stereocenters. The van der Waals surface area contributed by atoms with E-state index in [2.05, 4.69) is 36.0 Å². The standard InChI is InChI=1S/C9H16ClN3O/c1-9(2,3)7(14-4)8-11-6(5-10)12-13-8/h7H,5H2,1-4H3,(H,11,12,13). The molecule has 0 aromatic carbocycles. The van der Waals surface area contributed by atoms with Crippen molar-refractivity contribution in [3.05, 3.63) is 11.6 Å². The lowest BCUT2D eigenvalue weighted by molar-refractivity contribution is 0.00889. The van der Waals surface area contributed by atoms with Crippen LogP contribution >= 0.6 is 11.6 Å². The number of aromatic amines is 1. The Bertz CT molecular complexity index is 292. The number of rotatable bonds is 3. The van der Waals surface area contributed by atoms with Crippen LogP contribution in [0.3, 0.4) is 0 Å². The van der Waals surface area contributed by atoms with Crippen molar-refractivity contribution in [3.63, 3.8) is 0 Å². The molecule has 4 nitrogen and oxygen atoms in total. The maximum Gasteiger partial charge on any atom is 0.179 e. The van der Waals surface area contributed by atoms with Crippen LogP contribution in [0.5, 0.6) is 0 Å². The summed E-state index contributed by atoms with van der Waals surface area (Å²) in [6.07, 6.45) is -0.115. The highest BCUT2D eigenvalue weighted by Gasteiger charge is 2.29. The van der Waals surface area contributed by atoms with Crippen molar-refractivity contribution >= 4 is 11.6 Å². The molecule has 0 fully saturated rings. The van der Waals surface area contributed by atoms with Crippen LogP contribution in [0.4, 0.5) is 0 Å². The van der Waals surface area contributed by atoms with Gasteiger partial charge in [0.1, 0.15) is 11.9 Å². The van der Waals surface area contributed by atoms with Crippen LogP contribution in [0.25, 0.3) is 0 Å². The molecule has 0 radical (unpaired) electrons. The van der Waals surface area contributed by atoms with E-state index in [1.54, 1.807) is 7.11 Å². The summed E-state index contributed by atoms with van der Waals surface area (Å²) in [5, 5.41) is 6.85.